The summed E-state index contributed by atoms with van der Waals surface area (Å²) in [6.07, 6.45) is 0.638. The maximum absolute atomic E-state index is 13.3. The summed E-state index contributed by atoms with van der Waals surface area (Å²) in [4.78, 5) is 24.9. The van der Waals surface area contributed by atoms with Crippen LogP contribution >= 0.6 is 0 Å². The standard InChI is InChI=1S/C25H19F3N8O/c26-25(27,28)17-9-20(24(37)34-18-2-1-7-30-13-18)22(33-12-17)31-10-14-3-5-15(6-4-14)16-8-19-21(29)35-36-23(19)32-11-16/h1-9,11-13H,10H2,(H,31,33)(H,34,37)(H3,29,32,35,36). The number of amides is 1. The van der Waals surface area contributed by atoms with E-state index in [1.54, 1.807) is 18.3 Å². The molecular formula is C25H19F3N8O. The lowest BCUT2D eigenvalue weighted by atomic mass is 10.0. The number of fused-ring (bicyclic) bond motifs is 1. The SMILES string of the molecule is Nc1[nH]nc2ncc(-c3ccc(CNc4ncc(C(F)(F)F)cc4C(=O)Nc4cccnc4)cc3)cc12. The van der Waals surface area contributed by atoms with E-state index in [0.717, 1.165) is 22.8 Å². The van der Waals surface area contributed by atoms with Crippen molar-refractivity contribution < 1.29 is 18.0 Å². The number of hydrogen-bond donors (Lipinski definition) is 4. The summed E-state index contributed by atoms with van der Waals surface area (Å²) >= 11 is 0. The maximum atomic E-state index is 13.3. The molecule has 0 spiro atoms. The van der Waals surface area contributed by atoms with Crippen LogP contribution in [-0.2, 0) is 12.7 Å². The summed E-state index contributed by atoms with van der Waals surface area (Å²) in [7, 11) is 0. The molecule has 1 amide bonds. The van der Waals surface area contributed by atoms with Crippen LogP contribution in [0.25, 0.3) is 22.2 Å². The van der Waals surface area contributed by atoms with E-state index in [2.05, 4.69) is 35.8 Å². The normalized spacial score (nSPS) is 11.4. The number of rotatable bonds is 6. The van der Waals surface area contributed by atoms with Crippen LogP contribution in [-0.4, -0.2) is 31.1 Å². The van der Waals surface area contributed by atoms with Crippen LogP contribution in [0.5, 0.6) is 0 Å². The molecule has 0 aliphatic rings. The maximum Gasteiger partial charge on any atom is 0.417 e. The van der Waals surface area contributed by atoms with E-state index in [0.29, 0.717) is 28.7 Å². The number of pyridine rings is 3. The monoisotopic (exact) mass is 504 g/mol. The molecule has 4 aromatic heterocycles. The van der Waals surface area contributed by atoms with Gasteiger partial charge in [-0.3, -0.25) is 14.9 Å². The summed E-state index contributed by atoms with van der Waals surface area (Å²) in [5.41, 5.74) is 8.04. The van der Waals surface area contributed by atoms with Crippen molar-refractivity contribution in [3.05, 3.63) is 90.0 Å². The second kappa shape index (κ2) is 9.57. The first-order chi connectivity index (χ1) is 17.8. The number of carbonyl (C=O) groups is 1. The number of halogens is 3. The fourth-order valence-corrected chi connectivity index (χ4v) is 3.65. The Balaban J connectivity index is 1.35. The van der Waals surface area contributed by atoms with E-state index in [1.807, 2.05) is 30.3 Å². The van der Waals surface area contributed by atoms with Crippen molar-refractivity contribution in [3.63, 3.8) is 0 Å². The van der Waals surface area contributed by atoms with Gasteiger partial charge in [-0.25, -0.2) is 9.97 Å². The minimum absolute atomic E-state index is 0.0172. The molecule has 12 heteroatoms. The second-order valence-corrected chi connectivity index (χ2v) is 8.10. The Morgan fingerprint density at radius 2 is 1.81 bits per heavy atom. The Hall–Kier alpha value is -5.00. The summed E-state index contributed by atoms with van der Waals surface area (Å²) in [6, 6.07) is 13.3. The molecule has 0 aliphatic carbocycles. The van der Waals surface area contributed by atoms with Crippen LogP contribution in [0.3, 0.4) is 0 Å². The molecule has 0 saturated carbocycles. The van der Waals surface area contributed by atoms with Gasteiger partial charge < -0.3 is 16.4 Å². The molecule has 0 atom stereocenters. The number of benzene rings is 1. The van der Waals surface area contributed by atoms with Crippen molar-refractivity contribution in [2.24, 2.45) is 0 Å². The molecule has 0 bridgehead atoms. The fraction of sp³-hybridized carbons (Fsp3) is 0.0800. The van der Waals surface area contributed by atoms with Crippen molar-refractivity contribution in [1.82, 2.24) is 25.1 Å². The Kier molecular flexibility index (Phi) is 6.14. The smallest absolute Gasteiger partial charge is 0.384 e. The van der Waals surface area contributed by atoms with E-state index < -0.39 is 17.6 Å². The average Bonchev–Trinajstić information content (AvgIpc) is 3.27. The molecule has 5 rings (SSSR count). The molecule has 0 saturated heterocycles. The van der Waals surface area contributed by atoms with E-state index in [4.69, 9.17) is 5.73 Å². The van der Waals surface area contributed by atoms with E-state index in [9.17, 15) is 18.0 Å². The van der Waals surface area contributed by atoms with Gasteiger partial charge in [0.05, 0.1) is 28.4 Å². The van der Waals surface area contributed by atoms with Crippen molar-refractivity contribution in [1.29, 1.82) is 0 Å². The molecule has 5 aromatic rings. The number of H-pyrrole nitrogens is 1. The van der Waals surface area contributed by atoms with Crippen LogP contribution in [0.1, 0.15) is 21.5 Å². The molecule has 0 aliphatic heterocycles. The van der Waals surface area contributed by atoms with Crippen LogP contribution in [0.15, 0.2) is 73.3 Å². The van der Waals surface area contributed by atoms with Gasteiger partial charge in [0.25, 0.3) is 5.91 Å². The number of aromatic nitrogens is 5. The van der Waals surface area contributed by atoms with E-state index in [-0.39, 0.29) is 17.9 Å². The number of nitrogens with two attached hydrogens (primary N) is 1. The molecule has 37 heavy (non-hydrogen) atoms. The van der Waals surface area contributed by atoms with Gasteiger partial charge in [-0.2, -0.15) is 18.3 Å². The predicted octanol–water partition coefficient (Wildman–Crippen LogP) is 4.88. The van der Waals surface area contributed by atoms with Crippen molar-refractivity contribution in [2.75, 3.05) is 16.4 Å². The van der Waals surface area contributed by atoms with Crippen LogP contribution < -0.4 is 16.4 Å². The molecule has 0 fully saturated rings. The Morgan fingerprint density at radius 3 is 2.54 bits per heavy atom. The van der Waals surface area contributed by atoms with Crippen LogP contribution in [0, 0.1) is 0 Å². The molecular weight excluding hydrogens is 485 g/mol. The molecule has 5 N–H and O–H groups in total. The minimum Gasteiger partial charge on any atom is -0.384 e. The highest BCUT2D eigenvalue weighted by Crippen LogP contribution is 2.31. The largest absolute Gasteiger partial charge is 0.417 e. The molecule has 186 valence electrons. The Bertz CT molecular complexity index is 1570. The second-order valence-electron chi connectivity index (χ2n) is 8.10. The molecule has 4 heterocycles. The zero-order chi connectivity index (χ0) is 26.0. The van der Waals surface area contributed by atoms with Gasteiger partial charge in [-0.05, 0) is 35.4 Å². The number of carbonyl (C=O) groups excluding carboxylic acids is 1. The fourth-order valence-electron chi connectivity index (χ4n) is 3.65. The zero-order valence-electron chi connectivity index (χ0n) is 19.0. The van der Waals surface area contributed by atoms with Gasteiger partial charge in [-0.15, -0.1) is 0 Å². The topological polar surface area (TPSA) is 134 Å². The average molecular weight is 504 g/mol. The van der Waals surface area contributed by atoms with Crippen LogP contribution in [0.2, 0.25) is 0 Å². The quantitative estimate of drug-likeness (QED) is 0.259. The van der Waals surface area contributed by atoms with Crippen LogP contribution in [0.4, 0.5) is 30.5 Å². The zero-order valence-corrected chi connectivity index (χ0v) is 19.0. The first kappa shape index (κ1) is 23.7. The van der Waals surface area contributed by atoms with E-state index >= 15 is 0 Å². The highest BCUT2D eigenvalue weighted by molar-refractivity contribution is 6.07. The van der Waals surface area contributed by atoms with Crippen molar-refractivity contribution in [3.8, 4) is 11.1 Å². The Morgan fingerprint density at radius 1 is 1.00 bits per heavy atom. The summed E-state index contributed by atoms with van der Waals surface area (Å²) in [5.74, 6) is -0.299. The summed E-state index contributed by atoms with van der Waals surface area (Å²) in [6.45, 7) is 0.220. The highest BCUT2D eigenvalue weighted by Gasteiger charge is 2.32. The number of aromatic amines is 1. The third-order valence-electron chi connectivity index (χ3n) is 5.57. The lowest BCUT2D eigenvalue weighted by molar-refractivity contribution is -0.137. The highest BCUT2D eigenvalue weighted by atomic mass is 19.4. The number of nitrogens with one attached hydrogen (secondary N) is 3. The third kappa shape index (κ3) is 5.17. The van der Waals surface area contributed by atoms with Gasteiger partial charge in [0.1, 0.15) is 11.6 Å². The van der Waals surface area contributed by atoms with Crippen molar-refractivity contribution in [2.45, 2.75) is 12.7 Å². The minimum atomic E-state index is -4.65. The molecule has 9 nitrogen and oxygen atoms in total. The molecule has 1 aromatic carbocycles. The van der Waals surface area contributed by atoms with Gasteiger partial charge in [0.2, 0.25) is 0 Å². The van der Waals surface area contributed by atoms with Gasteiger partial charge in [0, 0.05) is 30.7 Å². The number of nitrogens with zero attached hydrogens (tertiary/aromatic N) is 4. The predicted molar refractivity (Wildman–Crippen MR) is 132 cm³/mol. The van der Waals surface area contributed by atoms with Gasteiger partial charge in [0.15, 0.2) is 5.65 Å². The van der Waals surface area contributed by atoms with Crippen molar-refractivity contribution >= 4 is 34.3 Å². The first-order valence-corrected chi connectivity index (χ1v) is 11.0. The third-order valence-corrected chi connectivity index (χ3v) is 5.57. The lowest BCUT2D eigenvalue weighted by Crippen LogP contribution is -2.18. The van der Waals surface area contributed by atoms with Gasteiger partial charge >= 0.3 is 6.18 Å². The summed E-state index contributed by atoms with van der Waals surface area (Å²) in [5, 5.41) is 12.9. The lowest BCUT2D eigenvalue weighted by Gasteiger charge is -2.14. The number of anilines is 3. The molecule has 0 unspecified atom stereocenters. The number of alkyl halides is 3. The first-order valence-electron chi connectivity index (χ1n) is 11.0. The summed E-state index contributed by atoms with van der Waals surface area (Å²) < 4.78 is 39.9. The Labute approximate surface area is 208 Å². The van der Waals surface area contributed by atoms with Gasteiger partial charge in [-0.1, -0.05) is 24.3 Å². The number of hydrogen-bond acceptors (Lipinski definition) is 7. The number of nitrogen functional groups attached to an aromatic ring is 1. The molecule has 0 radical (unpaired) electrons. The van der Waals surface area contributed by atoms with E-state index in [1.165, 1.54) is 12.4 Å².